The van der Waals surface area contributed by atoms with Gasteiger partial charge in [0.05, 0.1) is 6.04 Å². The van der Waals surface area contributed by atoms with Crippen molar-refractivity contribution >= 4 is 17.3 Å². The lowest BCUT2D eigenvalue weighted by Gasteiger charge is -2.13. The summed E-state index contributed by atoms with van der Waals surface area (Å²) in [6.45, 7) is 4.15. The molecule has 84 valence electrons. The fraction of sp³-hybridized carbons (Fsp3) is 0.556. The van der Waals surface area contributed by atoms with Crippen molar-refractivity contribution in [1.29, 1.82) is 0 Å². The van der Waals surface area contributed by atoms with Gasteiger partial charge in [-0.2, -0.15) is 0 Å². The van der Waals surface area contributed by atoms with Crippen molar-refractivity contribution in [3.8, 4) is 0 Å². The number of nitrogens with one attached hydrogen (secondary N) is 2. The molecule has 1 unspecified atom stereocenters. The molecule has 0 spiro atoms. The van der Waals surface area contributed by atoms with Crippen LogP contribution in [-0.4, -0.2) is 18.0 Å². The first kappa shape index (κ1) is 11.9. The van der Waals surface area contributed by atoms with Crippen LogP contribution >= 0.6 is 11.3 Å². The van der Waals surface area contributed by atoms with Crippen LogP contribution < -0.4 is 16.6 Å². The highest BCUT2D eigenvalue weighted by Gasteiger charge is 2.10. The number of thiazole rings is 1. The predicted octanol–water partition coefficient (Wildman–Crippen LogP) is 0.805. The smallest absolute Gasteiger partial charge is 0.206 e. The highest BCUT2D eigenvalue weighted by atomic mass is 32.1. The molecule has 1 rings (SSSR count). The highest BCUT2D eigenvalue weighted by molar-refractivity contribution is 7.11. The first-order valence-corrected chi connectivity index (χ1v) is 5.67. The lowest BCUT2D eigenvalue weighted by atomic mass is 10.3. The first-order valence-electron chi connectivity index (χ1n) is 4.85. The summed E-state index contributed by atoms with van der Waals surface area (Å²) in [6.07, 6.45) is 2.94. The van der Waals surface area contributed by atoms with Gasteiger partial charge in [-0.15, -0.1) is 11.3 Å². The summed E-state index contributed by atoms with van der Waals surface area (Å²) in [4.78, 5) is 9.57. The lowest BCUT2D eigenvalue weighted by molar-refractivity contribution is 0.686. The van der Waals surface area contributed by atoms with E-state index in [1.807, 2.05) is 13.1 Å². The molecule has 0 bridgehead atoms. The Morgan fingerprint density at radius 1 is 1.73 bits per heavy atom. The number of hydrogen-bond acceptors (Lipinski definition) is 4. The summed E-state index contributed by atoms with van der Waals surface area (Å²) in [5, 5.41) is 4.18. The quantitative estimate of drug-likeness (QED) is 0.309. The van der Waals surface area contributed by atoms with Gasteiger partial charge in [-0.05, 0) is 13.3 Å². The maximum atomic E-state index is 5.28. The second kappa shape index (κ2) is 5.67. The van der Waals surface area contributed by atoms with Gasteiger partial charge in [-0.3, -0.25) is 10.4 Å². The Morgan fingerprint density at radius 2 is 2.47 bits per heavy atom. The Hall–Kier alpha value is -1.14. The zero-order chi connectivity index (χ0) is 11.3. The van der Waals surface area contributed by atoms with Gasteiger partial charge in [0.2, 0.25) is 5.96 Å². The number of aliphatic imine (C=N–C) groups is 1. The van der Waals surface area contributed by atoms with Crippen LogP contribution in [0, 0.1) is 0 Å². The zero-order valence-electron chi connectivity index (χ0n) is 9.24. The number of hydrazine groups is 1. The predicted molar refractivity (Wildman–Crippen MR) is 63.7 cm³/mol. The molecular weight excluding hydrogens is 210 g/mol. The number of nitrogens with zero attached hydrogens (tertiary/aromatic N) is 2. The summed E-state index contributed by atoms with van der Waals surface area (Å²) in [5.74, 6) is 5.85. The molecular formula is C9H17N5S. The van der Waals surface area contributed by atoms with E-state index in [4.69, 9.17) is 5.84 Å². The van der Waals surface area contributed by atoms with E-state index in [1.54, 1.807) is 18.4 Å². The molecule has 6 heteroatoms. The van der Waals surface area contributed by atoms with E-state index in [1.165, 1.54) is 4.88 Å². The third-order valence-corrected chi connectivity index (χ3v) is 3.33. The van der Waals surface area contributed by atoms with Crippen LogP contribution in [0.1, 0.15) is 29.8 Å². The molecule has 0 aliphatic carbocycles. The molecule has 0 radical (unpaired) electrons. The van der Waals surface area contributed by atoms with E-state index in [-0.39, 0.29) is 6.04 Å². The van der Waals surface area contributed by atoms with Crippen LogP contribution in [0.2, 0.25) is 0 Å². The van der Waals surface area contributed by atoms with Gasteiger partial charge < -0.3 is 5.32 Å². The molecule has 0 amide bonds. The Bertz CT molecular complexity index is 333. The molecule has 4 N–H and O–H groups in total. The number of hydrogen-bond donors (Lipinski definition) is 3. The Morgan fingerprint density at radius 3 is 2.93 bits per heavy atom. The zero-order valence-corrected chi connectivity index (χ0v) is 10.1. The molecule has 1 heterocycles. The van der Waals surface area contributed by atoms with Crippen LogP contribution in [0.25, 0.3) is 0 Å². The van der Waals surface area contributed by atoms with E-state index in [9.17, 15) is 0 Å². The molecule has 0 saturated heterocycles. The van der Waals surface area contributed by atoms with Crippen molar-refractivity contribution in [2.45, 2.75) is 26.3 Å². The van der Waals surface area contributed by atoms with Crippen molar-refractivity contribution in [3.05, 3.63) is 16.1 Å². The summed E-state index contributed by atoms with van der Waals surface area (Å²) < 4.78 is 0. The minimum absolute atomic E-state index is 0.116. The third-order valence-electron chi connectivity index (χ3n) is 2.00. The maximum absolute atomic E-state index is 5.28. The third kappa shape index (κ3) is 3.17. The van der Waals surface area contributed by atoms with Gasteiger partial charge in [0.1, 0.15) is 5.01 Å². The molecule has 1 atom stereocenters. The van der Waals surface area contributed by atoms with Crippen LogP contribution in [0.15, 0.2) is 11.2 Å². The van der Waals surface area contributed by atoms with E-state index in [2.05, 4.69) is 27.6 Å². The molecule has 0 aliphatic rings. The van der Waals surface area contributed by atoms with Gasteiger partial charge in [0, 0.05) is 18.1 Å². The van der Waals surface area contributed by atoms with Gasteiger partial charge >= 0.3 is 0 Å². The van der Waals surface area contributed by atoms with Gasteiger partial charge in [-0.25, -0.2) is 10.8 Å². The van der Waals surface area contributed by atoms with Crippen molar-refractivity contribution in [3.63, 3.8) is 0 Å². The summed E-state index contributed by atoms with van der Waals surface area (Å²) in [6, 6.07) is 0.116. The molecule has 0 aliphatic heterocycles. The number of nitrogens with two attached hydrogens (primary N) is 1. The largest absolute Gasteiger partial charge is 0.346 e. The summed E-state index contributed by atoms with van der Waals surface area (Å²) in [7, 11) is 1.67. The molecule has 0 saturated carbocycles. The molecule has 1 aromatic rings. The van der Waals surface area contributed by atoms with Gasteiger partial charge in [0.25, 0.3) is 0 Å². The average molecular weight is 227 g/mol. The molecule has 1 aromatic heterocycles. The average Bonchev–Trinajstić information content (AvgIpc) is 2.74. The topological polar surface area (TPSA) is 75.3 Å². The Kier molecular flexibility index (Phi) is 4.51. The highest BCUT2D eigenvalue weighted by Crippen LogP contribution is 2.19. The molecule has 15 heavy (non-hydrogen) atoms. The summed E-state index contributed by atoms with van der Waals surface area (Å²) >= 11 is 1.71. The van der Waals surface area contributed by atoms with Crippen LogP contribution in [-0.2, 0) is 6.42 Å². The minimum Gasteiger partial charge on any atom is -0.346 e. The second-order valence-electron chi connectivity index (χ2n) is 3.10. The SMILES string of the molecule is CCc1cnc(C(C)NC(=NC)NN)s1. The standard InChI is InChI=1S/C9H17N5S/c1-4-7-5-12-8(15-7)6(2)13-9(11-3)14-10/h5-6H,4,10H2,1-3H3,(H2,11,13,14). The van der Waals surface area contributed by atoms with E-state index in [0.717, 1.165) is 11.4 Å². The van der Waals surface area contributed by atoms with E-state index < -0.39 is 0 Å². The van der Waals surface area contributed by atoms with E-state index in [0.29, 0.717) is 5.96 Å². The monoisotopic (exact) mass is 227 g/mol. The number of rotatable bonds is 3. The second-order valence-corrected chi connectivity index (χ2v) is 4.25. The van der Waals surface area contributed by atoms with Crippen molar-refractivity contribution in [2.75, 3.05) is 7.05 Å². The fourth-order valence-electron chi connectivity index (χ4n) is 1.12. The Balaban J connectivity index is 2.64. The normalized spacial score (nSPS) is 13.7. The van der Waals surface area contributed by atoms with Crippen molar-refractivity contribution < 1.29 is 0 Å². The van der Waals surface area contributed by atoms with Gasteiger partial charge in [0.15, 0.2) is 0 Å². The first-order chi connectivity index (χ1) is 7.21. The number of aryl methyl sites for hydroxylation is 1. The van der Waals surface area contributed by atoms with E-state index >= 15 is 0 Å². The van der Waals surface area contributed by atoms with Crippen LogP contribution in [0.3, 0.4) is 0 Å². The van der Waals surface area contributed by atoms with Crippen molar-refractivity contribution in [1.82, 2.24) is 15.7 Å². The number of guanidine groups is 1. The lowest BCUT2D eigenvalue weighted by Crippen LogP contribution is -2.42. The van der Waals surface area contributed by atoms with Crippen LogP contribution in [0.5, 0.6) is 0 Å². The summed E-state index contributed by atoms with van der Waals surface area (Å²) in [5.41, 5.74) is 2.49. The Labute approximate surface area is 93.8 Å². The van der Waals surface area contributed by atoms with Crippen LogP contribution in [0.4, 0.5) is 0 Å². The minimum atomic E-state index is 0.116. The van der Waals surface area contributed by atoms with Crippen molar-refractivity contribution in [2.24, 2.45) is 10.8 Å². The number of aromatic nitrogens is 1. The fourth-order valence-corrected chi connectivity index (χ4v) is 1.98. The molecule has 0 aromatic carbocycles. The maximum Gasteiger partial charge on any atom is 0.206 e. The van der Waals surface area contributed by atoms with Gasteiger partial charge in [-0.1, -0.05) is 6.92 Å². The molecule has 5 nitrogen and oxygen atoms in total. The molecule has 0 fully saturated rings.